The van der Waals surface area contributed by atoms with Crippen molar-refractivity contribution in [2.24, 2.45) is 0 Å². The third-order valence-corrected chi connectivity index (χ3v) is 4.62. The minimum Gasteiger partial charge on any atom is -0.337 e. The summed E-state index contributed by atoms with van der Waals surface area (Å²) in [4.78, 5) is 19.1. The molecule has 23 heavy (non-hydrogen) atoms. The maximum atomic E-state index is 12.5. The molecule has 1 aromatic heterocycles. The van der Waals surface area contributed by atoms with Gasteiger partial charge in [-0.2, -0.15) is 0 Å². The van der Waals surface area contributed by atoms with Crippen LogP contribution in [0.5, 0.6) is 0 Å². The fourth-order valence-corrected chi connectivity index (χ4v) is 3.74. The van der Waals surface area contributed by atoms with E-state index in [1.54, 1.807) is 0 Å². The van der Waals surface area contributed by atoms with E-state index in [2.05, 4.69) is 43.8 Å². The molecule has 0 bridgehead atoms. The highest BCUT2D eigenvalue weighted by Crippen LogP contribution is 2.24. The number of fused-ring (bicyclic) bond motifs is 1. The quantitative estimate of drug-likeness (QED) is 0.569. The van der Waals surface area contributed by atoms with Crippen molar-refractivity contribution >= 4 is 28.7 Å². The van der Waals surface area contributed by atoms with Gasteiger partial charge in [0.25, 0.3) is 0 Å². The Morgan fingerprint density at radius 2 is 1.96 bits per heavy atom. The normalized spacial score (nSPS) is 11.4. The molecule has 0 atom stereocenters. The zero-order chi connectivity index (χ0) is 17.0. The standard InChI is InChI=1S/C18H25N3OS/c1-6-11-20-16-10-8-7-9-15(16)19-18(20)23-12-17(22)21(13(2)3)14(4)5/h6-10,13-14H,1,11-12H2,2-5H3. The summed E-state index contributed by atoms with van der Waals surface area (Å²) >= 11 is 1.50. The maximum absolute atomic E-state index is 12.5. The van der Waals surface area contributed by atoms with Crippen LogP contribution in [-0.2, 0) is 11.3 Å². The lowest BCUT2D eigenvalue weighted by atomic mass is 10.2. The molecule has 4 nitrogen and oxygen atoms in total. The molecule has 2 aromatic rings. The molecule has 0 aliphatic rings. The molecule has 124 valence electrons. The van der Waals surface area contributed by atoms with Gasteiger partial charge in [-0.25, -0.2) is 4.98 Å². The van der Waals surface area contributed by atoms with Gasteiger partial charge >= 0.3 is 0 Å². The Hall–Kier alpha value is -1.75. The maximum Gasteiger partial charge on any atom is 0.233 e. The van der Waals surface area contributed by atoms with Gasteiger partial charge in [-0.05, 0) is 39.8 Å². The number of nitrogens with zero attached hydrogens (tertiary/aromatic N) is 3. The van der Waals surface area contributed by atoms with E-state index in [1.807, 2.05) is 35.2 Å². The van der Waals surface area contributed by atoms with Crippen molar-refractivity contribution in [3.05, 3.63) is 36.9 Å². The average Bonchev–Trinajstić information content (AvgIpc) is 2.83. The first kappa shape index (κ1) is 17.6. The summed E-state index contributed by atoms with van der Waals surface area (Å²) in [7, 11) is 0. The Labute approximate surface area is 142 Å². The van der Waals surface area contributed by atoms with Crippen molar-refractivity contribution in [1.29, 1.82) is 0 Å². The van der Waals surface area contributed by atoms with E-state index in [0.717, 1.165) is 16.2 Å². The Kier molecular flexibility index (Phi) is 5.88. The summed E-state index contributed by atoms with van der Waals surface area (Å²) in [6, 6.07) is 8.43. The molecular weight excluding hydrogens is 306 g/mol. The number of benzene rings is 1. The Balaban J connectivity index is 2.20. The van der Waals surface area contributed by atoms with Crippen LogP contribution < -0.4 is 0 Å². The van der Waals surface area contributed by atoms with Crippen molar-refractivity contribution in [3.63, 3.8) is 0 Å². The fourth-order valence-electron chi connectivity index (χ4n) is 2.84. The predicted octanol–water partition coefficient (Wildman–Crippen LogP) is 3.96. The first-order chi connectivity index (χ1) is 11.0. The molecular formula is C18H25N3OS. The number of carbonyl (C=O) groups excluding carboxylic acids is 1. The van der Waals surface area contributed by atoms with Gasteiger partial charge in [-0.15, -0.1) is 6.58 Å². The van der Waals surface area contributed by atoms with Crippen LogP contribution in [0.1, 0.15) is 27.7 Å². The average molecular weight is 331 g/mol. The molecule has 0 radical (unpaired) electrons. The van der Waals surface area contributed by atoms with Crippen LogP contribution in [0.25, 0.3) is 11.0 Å². The van der Waals surface area contributed by atoms with Crippen LogP contribution in [0.4, 0.5) is 0 Å². The molecule has 0 fully saturated rings. The molecule has 2 rings (SSSR count). The summed E-state index contributed by atoms with van der Waals surface area (Å²) in [5.74, 6) is 0.550. The number of hydrogen-bond donors (Lipinski definition) is 0. The zero-order valence-corrected chi connectivity index (χ0v) is 15.1. The largest absolute Gasteiger partial charge is 0.337 e. The minimum atomic E-state index is 0.150. The van der Waals surface area contributed by atoms with Gasteiger partial charge in [-0.3, -0.25) is 4.79 Å². The molecule has 0 unspecified atom stereocenters. The van der Waals surface area contributed by atoms with E-state index in [0.29, 0.717) is 12.3 Å². The lowest BCUT2D eigenvalue weighted by molar-refractivity contribution is -0.131. The van der Waals surface area contributed by atoms with Crippen molar-refractivity contribution in [3.8, 4) is 0 Å². The molecule has 1 aromatic carbocycles. The number of allylic oxidation sites excluding steroid dienone is 1. The van der Waals surface area contributed by atoms with Gasteiger partial charge in [0, 0.05) is 18.6 Å². The molecule has 5 heteroatoms. The van der Waals surface area contributed by atoms with Crippen LogP contribution in [0.15, 0.2) is 42.1 Å². The summed E-state index contributed by atoms with van der Waals surface area (Å²) in [6.45, 7) is 12.7. The second-order valence-electron chi connectivity index (χ2n) is 6.06. The highest BCUT2D eigenvalue weighted by molar-refractivity contribution is 7.99. The summed E-state index contributed by atoms with van der Waals surface area (Å²) in [5, 5.41) is 0.868. The van der Waals surface area contributed by atoms with E-state index in [1.165, 1.54) is 11.8 Å². The van der Waals surface area contributed by atoms with Crippen molar-refractivity contribution in [1.82, 2.24) is 14.5 Å². The third kappa shape index (κ3) is 3.96. The molecule has 0 spiro atoms. The number of thioether (sulfide) groups is 1. The Morgan fingerprint density at radius 3 is 2.57 bits per heavy atom. The monoisotopic (exact) mass is 331 g/mol. The second-order valence-corrected chi connectivity index (χ2v) is 7.00. The second kappa shape index (κ2) is 7.68. The Morgan fingerprint density at radius 1 is 1.30 bits per heavy atom. The SMILES string of the molecule is C=CCn1c(SCC(=O)N(C(C)C)C(C)C)nc2ccccc21. The van der Waals surface area contributed by atoms with Crippen LogP contribution in [0.3, 0.4) is 0 Å². The van der Waals surface area contributed by atoms with Gasteiger partial charge in [-0.1, -0.05) is 30.0 Å². The molecule has 0 aliphatic carbocycles. The smallest absolute Gasteiger partial charge is 0.233 e. The van der Waals surface area contributed by atoms with Crippen LogP contribution in [0, 0.1) is 0 Å². The highest BCUT2D eigenvalue weighted by atomic mass is 32.2. The zero-order valence-electron chi connectivity index (χ0n) is 14.3. The number of hydrogen-bond acceptors (Lipinski definition) is 3. The van der Waals surface area contributed by atoms with Crippen LogP contribution in [0.2, 0.25) is 0 Å². The summed E-state index contributed by atoms with van der Waals surface area (Å²) in [6.07, 6.45) is 1.86. The first-order valence-electron chi connectivity index (χ1n) is 7.95. The summed E-state index contributed by atoms with van der Waals surface area (Å²) < 4.78 is 2.11. The molecule has 0 saturated carbocycles. The van der Waals surface area contributed by atoms with Gasteiger partial charge in [0.05, 0.1) is 16.8 Å². The number of amides is 1. The molecule has 1 amide bonds. The minimum absolute atomic E-state index is 0.150. The highest BCUT2D eigenvalue weighted by Gasteiger charge is 2.21. The number of rotatable bonds is 7. The number of aromatic nitrogens is 2. The number of carbonyl (C=O) groups is 1. The molecule has 0 saturated heterocycles. The Bertz CT molecular complexity index is 683. The molecule has 0 N–H and O–H groups in total. The van der Waals surface area contributed by atoms with Gasteiger partial charge in [0.2, 0.25) is 5.91 Å². The molecule has 0 aliphatic heterocycles. The van der Waals surface area contributed by atoms with E-state index in [4.69, 9.17) is 0 Å². The van der Waals surface area contributed by atoms with E-state index in [-0.39, 0.29) is 18.0 Å². The van der Waals surface area contributed by atoms with Crippen LogP contribution in [-0.4, -0.2) is 38.2 Å². The van der Waals surface area contributed by atoms with E-state index < -0.39 is 0 Å². The predicted molar refractivity (Wildman–Crippen MR) is 97.8 cm³/mol. The van der Waals surface area contributed by atoms with Crippen molar-refractivity contribution in [2.45, 2.75) is 51.5 Å². The lowest BCUT2D eigenvalue weighted by Crippen LogP contribution is -2.43. The van der Waals surface area contributed by atoms with E-state index in [9.17, 15) is 4.79 Å². The van der Waals surface area contributed by atoms with E-state index >= 15 is 0 Å². The lowest BCUT2D eigenvalue weighted by Gasteiger charge is -2.30. The molecule has 1 heterocycles. The number of imidazole rings is 1. The van der Waals surface area contributed by atoms with Gasteiger partial charge in [0.15, 0.2) is 5.16 Å². The first-order valence-corrected chi connectivity index (χ1v) is 8.94. The number of para-hydroxylation sites is 2. The van der Waals surface area contributed by atoms with Crippen molar-refractivity contribution in [2.75, 3.05) is 5.75 Å². The van der Waals surface area contributed by atoms with Gasteiger partial charge in [0.1, 0.15) is 0 Å². The topological polar surface area (TPSA) is 38.1 Å². The van der Waals surface area contributed by atoms with Gasteiger partial charge < -0.3 is 9.47 Å². The summed E-state index contributed by atoms with van der Waals surface area (Å²) in [5.41, 5.74) is 2.03. The third-order valence-electron chi connectivity index (χ3n) is 3.66. The van der Waals surface area contributed by atoms with Crippen molar-refractivity contribution < 1.29 is 4.79 Å². The fraction of sp³-hybridized carbons (Fsp3) is 0.444. The van der Waals surface area contributed by atoms with Crippen LogP contribution >= 0.6 is 11.8 Å².